The minimum absolute atomic E-state index is 0.0929. The second-order valence-corrected chi connectivity index (χ2v) is 5.02. The Kier molecular flexibility index (Phi) is 4.55. The van der Waals surface area contributed by atoms with Gasteiger partial charge in [0.25, 0.3) is 0 Å². The molecule has 0 heterocycles. The molecule has 0 bridgehead atoms. The molecule has 0 radical (unpaired) electrons. The number of aliphatic hydroxyl groups excluding tert-OH is 1. The first kappa shape index (κ1) is 13.3. The van der Waals surface area contributed by atoms with E-state index in [9.17, 15) is 9.50 Å². The van der Waals surface area contributed by atoms with Crippen molar-refractivity contribution in [1.82, 2.24) is 5.32 Å². The summed E-state index contributed by atoms with van der Waals surface area (Å²) in [6, 6.07) is 5.01. The van der Waals surface area contributed by atoms with Crippen molar-refractivity contribution in [1.29, 1.82) is 0 Å². The minimum atomic E-state index is -0.582. The van der Waals surface area contributed by atoms with Crippen molar-refractivity contribution in [3.05, 3.63) is 29.6 Å². The molecule has 18 heavy (non-hydrogen) atoms. The van der Waals surface area contributed by atoms with Crippen molar-refractivity contribution in [2.75, 3.05) is 12.3 Å². The number of hydrogen-bond donors (Lipinski definition) is 3. The molecule has 1 aromatic carbocycles. The molecule has 0 amide bonds. The summed E-state index contributed by atoms with van der Waals surface area (Å²) >= 11 is 0. The van der Waals surface area contributed by atoms with E-state index in [0.717, 1.165) is 6.54 Å². The maximum Gasteiger partial charge on any atom is 0.146 e. The lowest BCUT2D eigenvalue weighted by Crippen LogP contribution is -2.27. The molecule has 1 atom stereocenters. The maximum absolute atomic E-state index is 13.0. The van der Waals surface area contributed by atoms with Crippen molar-refractivity contribution in [2.45, 2.75) is 44.2 Å². The molecule has 1 unspecified atom stereocenters. The average Bonchev–Trinajstić information content (AvgIpc) is 2.85. The predicted molar refractivity (Wildman–Crippen MR) is 70.6 cm³/mol. The van der Waals surface area contributed by atoms with Gasteiger partial charge in [0.1, 0.15) is 5.82 Å². The van der Waals surface area contributed by atoms with Crippen LogP contribution in [-0.2, 0) is 0 Å². The summed E-state index contributed by atoms with van der Waals surface area (Å²) in [5.41, 5.74) is 6.26. The summed E-state index contributed by atoms with van der Waals surface area (Å²) in [5, 5.41) is 13.4. The van der Waals surface area contributed by atoms with Crippen LogP contribution in [0.3, 0.4) is 0 Å². The number of halogens is 1. The van der Waals surface area contributed by atoms with Crippen LogP contribution in [0.4, 0.5) is 10.1 Å². The number of rotatable bonds is 5. The molecule has 4 heteroatoms. The zero-order valence-corrected chi connectivity index (χ0v) is 10.5. The van der Waals surface area contributed by atoms with E-state index < -0.39 is 11.9 Å². The topological polar surface area (TPSA) is 58.3 Å². The van der Waals surface area contributed by atoms with Crippen LogP contribution in [0.15, 0.2) is 18.2 Å². The van der Waals surface area contributed by atoms with Gasteiger partial charge in [0.05, 0.1) is 11.8 Å². The van der Waals surface area contributed by atoms with E-state index in [1.165, 1.54) is 37.8 Å². The van der Waals surface area contributed by atoms with Gasteiger partial charge in [-0.3, -0.25) is 0 Å². The normalized spacial score (nSPS) is 18.1. The van der Waals surface area contributed by atoms with Crippen LogP contribution in [0.1, 0.15) is 43.8 Å². The van der Waals surface area contributed by atoms with Gasteiger partial charge < -0.3 is 16.2 Å². The van der Waals surface area contributed by atoms with Crippen LogP contribution < -0.4 is 11.1 Å². The molecule has 1 aliphatic rings. The highest BCUT2D eigenvalue weighted by Gasteiger charge is 2.15. The minimum Gasteiger partial charge on any atom is -0.396 e. The van der Waals surface area contributed by atoms with Gasteiger partial charge in [-0.15, -0.1) is 0 Å². The van der Waals surface area contributed by atoms with E-state index >= 15 is 0 Å². The fraction of sp³-hybridized carbons (Fsp3) is 0.571. The number of benzene rings is 1. The number of nitrogen functional groups attached to an aromatic ring is 1. The molecule has 2 rings (SSSR count). The quantitative estimate of drug-likeness (QED) is 0.705. The van der Waals surface area contributed by atoms with Crippen molar-refractivity contribution in [3.63, 3.8) is 0 Å². The number of anilines is 1. The summed E-state index contributed by atoms with van der Waals surface area (Å²) in [4.78, 5) is 0. The summed E-state index contributed by atoms with van der Waals surface area (Å²) in [6.45, 7) is 0.781. The molecule has 1 aromatic rings. The molecule has 100 valence electrons. The molecule has 1 saturated carbocycles. The average molecular weight is 252 g/mol. The highest BCUT2D eigenvalue weighted by molar-refractivity contribution is 5.43. The fourth-order valence-corrected chi connectivity index (χ4v) is 2.49. The standard InChI is InChI=1S/C14H21FN2O/c15-12-6-5-10(9-13(12)16)14(18)7-8-17-11-3-1-2-4-11/h5-6,9,11,14,17-18H,1-4,7-8,16H2. The summed E-state index contributed by atoms with van der Waals surface area (Å²) in [5.74, 6) is -0.435. The Bertz CT molecular complexity index is 391. The highest BCUT2D eigenvalue weighted by Crippen LogP contribution is 2.21. The lowest BCUT2D eigenvalue weighted by molar-refractivity contribution is 0.165. The Balaban J connectivity index is 1.79. The van der Waals surface area contributed by atoms with Crippen LogP contribution >= 0.6 is 0 Å². The Labute approximate surface area is 107 Å². The van der Waals surface area contributed by atoms with Gasteiger partial charge in [-0.05, 0) is 43.5 Å². The second-order valence-electron chi connectivity index (χ2n) is 5.02. The summed E-state index contributed by atoms with van der Waals surface area (Å²) in [7, 11) is 0. The predicted octanol–water partition coefficient (Wildman–Crippen LogP) is 2.36. The molecule has 0 spiro atoms. The van der Waals surface area contributed by atoms with Crippen molar-refractivity contribution in [2.24, 2.45) is 0 Å². The van der Waals surface area contributed by atoms with Crippen LogP contribution in [0.25, 0.3) is 0 Å². The van der Waals surface area contributed by atoms with Gasteiger partial charge in [-0.25, -0.2) is 4.39 Å². The van der Waals surface area contributed by atoms with Gasteiger partial charge in [0.15, 0.2) is 0 Å². The monoisotopic (exact) mass is 252 g/mol. The molecular formula is C14H21FN2O. The van der Waals surface area contributed by atoms with Gasteiger partial charge in [-0.1, -0.05) is 18.9 Å². The number of nitrogens with one attached hydrogen (secondary N) is 1. The first-order valence-electron chi connectivity index (χ1n) is 6.63. The molecule has 1 aliphatic carbocycles. The largest absolute Gasteiger partial charge is 0.396 e. The van der Waals surface area contributed by atoms with E-state index in [2.05, 4.69) is 5.32 Å². The number of aliphatic hydroxyl groups is 1. The van der Waals surface area contributed by atoms with Crippen molar-refractivity contribution in [3.8, 4) is 0 Å². The van der Waals surface area contributed by atoms with E-state index in [1.54, 1.807) is 6.07 Å². The van der Waals surface area contributed by atoms with Gasteiger partial charge in [-0.2, -0.15) is 0 Å². The fourth-order valence-electron chi connectivity index (χ4n) is 2.49. The third kappa shape index (κ3) is 3.43. The first-order chi connectivity index (χ1) is 8.66. The molecule has 1 fully saturated rings. The summed E-state index contributed by atoms with van der Waals surface area (Å²) in [6.07, 6.45) is 5.12. The van der Waals surface area contributed by atoms with Crippen LogP contribution in [0, 0.1) is 5.82 Å². The van der Waals surface area contributed by atoms with Crippen molar-refractivity contribution >= 4 is 5.69 Å². The van der Waals surface area contributed by atoms with E-state index in [4.69, 9.17) is 5.73 Å². The zero-order chi connectivity index (χ0) is 13.0. The maximum atomic E-state index is 13.0. The Hall–Kier alpha value is -1.13. The van der Waals surface area contributed by atoms with Crippen molar-refractivity contribution < 1.29 is 9.50 Å². The summed E-state index contributed by atoms with van der Waals surface area (Å²) < 4.78 is 13.0. The smallest absolute Gasteiger partial charge is 0.146 e. The molecule has 3 nitrogen and oxygen atoms in total. The lowest BCUT2D eigenvalue weighted by Gasteiger charge is -2.15. The Morgan fingerprint density at radius 1 is 1.39 bits per heavy atom. The van der Waals surface area contributed by atoms with E-state index in [1.807, 2.05) is 0 Å². The third-order valence-electron chi connectivity index (χ3n) is 3.61. The van der Waals surface area contributed by atoms with E-state index in [0.29, 0.717) is 18.0 Å². The van der Waals surface area contributed by atoms with Crippen LogP contribution in [-0.4, -0.2) is 17.7 Å². The van der Waals surface area contributed by atoms with Gasteiger partial charge in [0, 0.05) is 6.04 Å². The van der Waals surface area contributed by atoms with Crippen LogP contribution in [0.2, 0.25) is 0 Å². The van der Waals surface area contributed by atoms with E-state index in [-0.39, 0.29) is 5.69 Å². The molecule has 0 aromatic heterocycles. The second kappa shape index (κ2) is 6.16. The zero-order valence-electron chi connectivity index (χ0n) is 10.5. The number of hydrogen-bond acceptors (Lipinski definition) is 3. The third-order valence-corrected chi connectivity index (χ3v) is 3.61. The van der Waals surface area contributed by atoms with Gasteiger partial charge >= 0.3 is 0 Å². The molecule has 0 saturated heterocycles. The van der Waals surface area contributed by atoms with Crippen LogP contribution in [0.5, 0.6) is 0 Å². The molecule has 4 N–H and O–H groups in total. The molecular weight excluding hydrogens is 231 g/mol. The molecule has 0 aliphatic heterocycles. The Morgan fingerprint density at radius 2 is 2.11 bits per heavy atom. The van der Waals surface area contributed by atoms with Gasteiger partial charge in [0.2, 0.25) is 0 Å². The first-order valence-corrected chi connectivity index (χ1v) is 6.63. The Morgan fingerprint density at radius 3 is 2.78 bits per heavy atom. The lowest BCUT2D eigenvalue weighted by atomic mass is 10.1. The highest BCUT2D eigenvalue weighted by atomic mass is 19.1. The SMILES string of the molecule is Nc1cc(C(O)CCNC2CCCC2)ccc1F. The number of nitrogens with two attached hydrogens (primary N) is 1.